The molecule has 0 spiro atoms. The quantitative estimate of drug-likeness (QED) is 0.451. The Morgan fingerprint density at radius 3 is 2.26 bits per heavy atom. The maximum absolute atomic E-state index is 12.2. The summed E-state index contributed by atoms with van der Waals surface area (Å²) in [4.78, 5) is 35.5. The molecule has 2 aromatic carbocycles. The lowest BCUT2D eigenvalue weighted by molar-refractivity contribution is -0.142. The molecule has 0 heterocycles. The lowest BCUT2D eigenvalue weighted by atomic mass is 9.98. The van der Waals surface area contributed by atoms with Crippen molar-refractivity contribution < 1.29 is 24.2 Å². The second kappa shape index (κ2) is 11.2. The summed E-state index contributed by atoms with van der Waals surface area (Å²) in [5, 5.41) is 14.9. The van der Waals surface area contributed by atoms with Crippen LogP contribution in [0, 0.1) is 5.92 Å². The van der Waals surface area contributed by atoms with Crippen molar-refractivity contribution in [1.82, 2.24) is 10.6 Å². The molecule has 2 atom stereocenters. The number of carboxylic acids is 1. The van der Waals surface area contributed by atoms with E-state index in [0.717, 1.165) is 25.7 Å². The van der Waals surface area contributed by atoms with Gasteiger partial charge in [-0.25, -0.2) is 4.79 Å². The van der Waals surface area contributed by atoms with Crippen molar-refractivity contribution in [2.75, 3.05) is 13.2 Å². The molecule has 0 aliphatic heterocycles. The minimum atomic E-state index is -0.831. The van der Waals surface area contributed by atoms with Gasteiger partial charge in [0.15, 0.2) is 0 Å². The van der Waals surface area contributed by atoms with E-state index in [-0.39, 0.29) is 17.9 Å². The van der Waals surface area contributed by atoms with Gasteiger partial charge in [-0.1, -0.05) is 61.4 Å². The molecule has 4 rings (SSSR count). The molecule has 2 aromatic rings. The predicted octanol–water partition coefficient (Wildman–Crippen LogP) is 4.46. The van der Waals surface area contributed by atoms with Gasteiger partial charge in [-0.2, -0.15) is 0 Å². The third kappa shape index (κ3) is 5.58. The summed E-state index contributed by atoms with van der Waals surface area (Å²) < 4.78 is 5.53. The minimum absolute atomic E-state index is 0.0391. The van der Waals surface area contributed by atoms with Crippen molar-refractivity contribution in [3.05, 3.63) is 59.7 Å². The van der Waals surface area contributed by atoms with Crippen LogP contribution >= 0.6 is 0 Å². The Morgan fingerprint density at radius 1 is 0.912 bits per heavy atom. The molecule has 0 aromatic heterocycles. The van der Waals surface area contributed by atoms with Gasteiger partial charge in [-0.15, -0.1) is 0 Å². The van der Waals surface area contributed by atoms with E-state index in [4.69, 9.17) is 4.74 Å². The Labute approximate surface area is 199 Å². The molecule has 0 radical (unpaired) electrons. The van der Waals surface area contributed by atoms with E-state index >= 15 is 0 Å². The lowest BCUT2D eigenvalue weighted by Crippen LogP contribution is -2.40. The first-order valence-corrected chi connectivity index (χ1v) is 12.2. The van der Waals surface area contributed by atoms with Gasteiger partial charge in [-0.3, -0.25) is 9.59 Å². The molecule has 34 heavy (non-hydrogen) atoms. The summed E-state index contributed by atoms with van der Waals surface area (Å²) in [5.41, 5.74) is 4.76. The van der Waals surface area contributed by atoms with Crippen LogP contribution in [-0.2, 0) is 14.3 Å². The fraction of sp³-hybridized carbons (Fsp3) is 0.444. The van der Waals surface area contributed by atoms with E-state index in [1.165, 1.54) is 22.3 Å². The number of aliphatic carboxylic acids is 1. The van der Waals surface area contributed by atoms with Crippen LogP contribution in [0.15, 0.2) is 48.5 Å². The highest BCUT2D eigenvalue weighted by molar-refractivity contribution is 5.79. The number of carbonyl (C=O) groups excluding carboxylic acids is 2. The Hall–Kier alpha value is -3.35. The number of hydrogen-bond donors (Lipinski definition) is 3. The predicted molar refractivity (Wildman–Crippen MR) is 128 cm³/mol. The number of carboxylic acid groups (broad SMARTS) is 1. The monoisotopic (exact) mass is 464 g/mol. The molecule has 2 unspecified atom stereocenters. The number of ether oxygens (including phenoxy) is 1. The van der Waals surface area contributed by atoms with Crippen LogP contribution in [-0.4, -0.2) is 42.3 Å². The number of amides is 2. The first-order valence-electron chi connectivity index (χ1n) is 12.2. The van der Waals surface area contributed by atoms with Gasteiger partial charge >= 0.3 is 12.1 Å². The molecule has 1 fully saturated rings. The molecule has 0 saturated heterocycles. The number of unbranched alkanes of at least 4 members (excludes halogenated alkanes) is 2. The SMILES string of the molecule is O=C(CCCCCNC(=O)OCC1c2ccccc2-c2ccccc21)NC1CCCC1C(=O)O. The number of hydrogen-bond acceptors (Lipinski definition) is 4. The van der Waals surface area contributed by atoms with Crippen molar-refractivity contribution in [3.63, 3.8) is 0 Å². The van der Waals surface area contributed by atoms with Crippen molar-refractivity contribution in [3.8, 4) is 11.1 Å². The summed E-state index contributed by atoms with van der Waals surface area (Å²) in [5.74, 6) is -1.35. The van der Waals surface area contributed by atoms with E-state index in [9.17, 15) is 19.5 Å². The van der Waals surface area contributed by atoms with Gasteiger partial charge in [0.1, 0.15) is 6.61 Å². The molecule has 3 N–H and O–H groups in total. The van der Waals surface area contributed by atoms with E-state index in [0.29, 0.717) is 32.4 Å². The van der Waals surface area contributed by atoms with Crippen molar-refractivity contribution in [2.45, 2.75) is 56.9 Å². The van der Waals surface area contributed by atoms with Crippen LogP contribution in [0.1, 0.15) is 62.0 Å². The van der Waals surface area contributed by atoms with E-state index in [1.807, 2.05) is 24.3 Å². The molecule has 7 nitrogen and oxygen atoms in total. The maximum atomic E-state index is 12.2. The van der Waals surface area contributed by atoms with Crippen LogP contribution in [0.25, 0.3) is 11.1 Å². The van der Waals surface area contributed by atoms with Gasteiger partial charge in [0.05, 0.1) is 5.92 Å². The third-order valence-electron chi connectivity index (χ3n) is 6.87. The zero-order valence-corrected chi connectivity index (χ0v) is 19.3. The van der Waals surface area contributed by atoms with E-state index < -0.39 is 18.0 Å². The zero-order valence-electron chi connectivity index (χ0n) is 19.3. The molecule has 1 saturated carbocycles. The van der Waals surface area contributed by atoms with Crippen LogP contribution in [0.5, 0.6) is 0 Å². The van der Waals surface area contributed by atoms with Crippen LogP contribution in [0.3, 0.4) is 0 Å². The second-order valence-corrected chi connectivity index (χ2v) is 9.11. The Balaban J connectivity index is 1.12. The second-order valence-electron chi connectivity index (χ2n) is 9.11. The van der Waals surface area contributed by atoms with E-state index in [2.05, 4.69) is 34.9 Å². The molecule has 0 bridgehead atoms. The van der Waals surface area contributed by atoms with Gasteiger partial charge in [-0.05, 0) is 47.9 Å². The molecular formula is C27H32N2O5. The molecule has 2 aliphatic rings. The topological polar surface area (TPSA) is 105 Å². The number of benzene rings is 2. The van der Waals surface area contributed by atoms with Gasteiger partial charge < -0.3 is 20.5 Å². The standard InChI is InChI=1S/C27H32N2O5/c30-25(29-24-14-8-13-22(24)26(31)32)15-2-1-7-16-28-27(33)34-17-23-20-11-5-3-9-18(20)19-10-4-6-12-21(19)23/h3-6,9-12,22-24H,1-2,7-8,13-17H2,(H,28,33)(H,29,30)(H,31,32). The fourth-order valence-corrected chi connectivity index (χ4v) is 5.13. The summed E-state index contributed by atoms with van der Waals surface area (Å²) in [7, 11) is 0. The van der Waals surface area contributed by atoms with Gasteiger partial charge in [0.2, 0.25) is 5.91 Å². The molecular weight excluding hydrogens is 432 g/mol. The fourth-order valence-electron chi connectivity index (χ4n) is 5.13. The normalized spacial score (nSPS) is 18.7. The Morgan fingerprint density at radius 2 is 1.59 bits per heavy atom. The van der Waals surface area contributed by atoms with Crippen LogP contribution in [0.4, 0.5) is 4.79 Å². The molecule has 2 aliphatic carbocycles. The van der Waals surface area contributed by atoms with Crippen molar-refractivity contribution in [1.29, 1.82) is 0 Å². The van der Waals surface area contributed by atoms with Gasteiger partial charge in [0, 0.05) is 24.9 Å². The summed E-state index contributed by atoms with van der Waals surface area (Å²) in [6.07, 6.45) is 4.37. The smallest absolute Gasteiger partial charge is 0.407 e. The van der Waals surface area contributed by atoms with Gasteiger partial charge in [0.25, 0.3) is 0 Å². The number of alkyl carbamates (subject to hydrolysis) is 1. The molecule has 7 heteroatoms. The molecule has 180 valence electrons. The number of nitrogens with one attached hydrogen (secondary N) is 2. The highest BCUT2D eigenvalue weighted by Gasteiger charge is 2.33. The average molecular weight is 465 g/mol. The highest BCUT2D eigenvalue weighted by atomic mass is 16.5. The van der Waals surface area contributed by atoms with Crippen molar-refractivity contribution >= 4 is 18.0 Å². The molecule has 2 amide bonds. The summed E-state index contributed by atoms with van der Waals surface area (Å²) in [6.45, 7) is 0.778. The van der Waals surface area contributed by atoms with Crippen LogP contribution in [0.2, 0.25) is 0 Å². The first kappa shape index (κ1) is 23.8. The number of fused-ring (bicyclic) bond motifs is 3. The average Bonchev–Trinajstić information content (AvgIpc) is 3.42. The van der Waals surface area contributed by atoms with E-state index in [1.54, 1.807) is 0 Å². The first-order chi connectivity index (χ1) is 16.5. The minimum Gasteiger partial charge on any atom is -0.481 e. The number of rotatable bonds is 10. The maximum Gasteiger partial charge on any atom is 0.407 e. The summed E-state index contributed by atoms with van der Waals surface area (Å²) in [6, 6.07) is 16.2. The Bertz CT molecular complexity index is 992. The van der Waals surface area contributed by atoms with Crippen molar-refractivity contribution in [2.24, 2.45) is 5.92 Å². The Kier molecular flexibility index (Phi) is 7.83. The number of carbonyl (C=O) groups is 3. The highest BCUT2D eigenvalue weighted by Crippen LogP contribution is 2.44. The lowest BCUT2D eigenvalue weighted by Gasteiger charge is -2.17. The zero-order chi connectivity index (χ0) is 23.9. The van der Waals surface area contributed by atoms with Crippen LogP contribution < -0.4 is 10.6 Å². The third-order valence-corrected chi connectivity index (χ3v) is 6.87. The summed E-state index contributed by atoms with van der Waals surface area (Å²) >= 11 is 0. The largest absolute Gasteiger partial charge is 0.481 e.